The van der Waals surface area contributed by atoms with E-state index in [0.29, 0.717) is 18.2 Å². The van der Waals surface area contributed by atoms with Gasteiger partial charge in [-0.15, -0.1) is 0 Å². The van der Waals surface area contributed by atoms with Gasteiger partial charge in [-0.2, -0.15) is 13.2 Å². The lowest BCUT2D eigenvalue weighted by molar-refractivity contribution is -0.137. The molecule has 74 valence electrons. The first kappa shape index (κ1) is 10.3. The molecule has 0 aliphatic carbocycles. The minimum Gasteiger partial charge on any atom is -0.207 e. The van der Waals surface area contributed by atoms with Crippen LogP contribution in [0.3, 0.4) is 0 Å². The van der Waals surface area contributed by atoms with Crippen LogP contribution in [0.25, 0.3) is 10.4 Å². The van der Waals surface area contributed by atoms with Crippen LogP contribution in [0.15, 0.2) is 23.3 Å². The molecule has 0 saturated heterocycles. The van der Waals surface area contributed by atoms with Crippen LogP contribution in [0, 0.1) is 5.82 Å². The summed E-state index contributed by atoms with van der Waals surface area (Å²) in [5.41, 5.74) is 6.23. The first-order valence-electron chi connectivity index (χ1n) is 3.37. The molecule has 3 nitrogen and oxygen atoms in total. The molecule has 0 aliphatic heterocycles. The highest BCUT2D eigenvalue weighted by Crippen LogP contribution is 2.32. The molecule has 0 fully saturated rings. The standard InChI is InChI=1S/C7H3F4N3/c8-5-2-1-4(7(9,10)11)3-6(5)13-14-12/h1-3H. The van der Waals surface area contributed by atoms with Gasteiger partial charge in [0.15, 0.2) is 0 Å². The number of azide groups is 1. The Kier molecular flexibility index (Phi) is 2.62. The molecule has 1 rings (SSSR count). The van der Waals surface area contributed by atoms with Gasteiger partial charge in [-0.1, -0.05) is 5.11 Å². The molecule has 0 aliphatic rings. The van der Waals surface area contributed by atoms with Gasteiger partial charge in [0.2, 0.25) is 0 Å². The molecule has 0 atom stereocenters. The smallest absolute Gasteiger partial charge is 0.207 e. The molecule has 0 amide bonds. The highest BCUT2D eigenvalue weighted by atomic mass is 19.4. The van der Waals surface area contributed by atoms with Crippen molar-refractivity contribution in [1.82, 2.24) is 0 Å². The molecule has 1 aromatic carbocycles. The van der Waals surface area contributed by atoms with Crippen molar-refractivity contribution in [3.8, 4) is 0 Å². The van der Waals surface area contributed by atoms with Crippen molar-refractivity contribution >= 4 is 5.69 Å². The maximum Gasteiger partial charge on any atom is 0.416 e. The van der Waals surface area contributed by atoms with Gasteiger partial charge in [-0.05, 0) is 23.7 Å². The molecule has 0 N–H and O–H groups in total. The van der Waals surface area contributed by atoms with Gasteiger partial charge in [0.05, 0.1) is 11.3 Å². The van der Waals surface area contributed by atoms with E-state index in [2.05, 4.69) is 10.0 Å². The Hall–Kier alpha value is -1.75. The number of hydrogen-bond donors (Lipinski definition) is 0. The summed E-state index contributed by atoms with van der Waals surface area (Å²) in [7, 11) is 0. The quantitative estimate of drug-likeness (QED) is 0.290. The maximum atomic E-state index is 12.7. The van der Waals surface area contributed by atoms with Gasteiger partial charge in [0, 0.05) is 4.91 Å². The lowest BCUT2D eigenvalue weighted by atomic mass is 10.2. The molecule has 0 spiro atoms. The van der Waals surface area contributed by atoms with Gasteiger partial charge in [-0.25, -0.2) is 4.39 Å². The van der Waals surface area contributed by atoms with Crippen LogP contribution in [0.1, 0.15) is 5.56 Å². The highest BCUT2D eigenvalue weighted by molar-refractivity contribution is 5.42. The van der Waals surface area contributed by atoms with E-state index in [1.54, 1.807) is 0 Å². The molecule has 14 heavy (non-hydrogen) atoms. The van der Waals surface area contributed by atoms with E-state index in [1.165, 1.54) is 0 Å². The van der Waals surface area contributed by atoms with Crippen LogP contribution < -0.4 is 0 Å². The number of nitrogens with zero attached hydrogens (tertiary/aromatic N) is 3. The summed E-state index contributed by atoms with van der Waals surface area (Å²) in [5.74, 6) is -0.990. The van der Waals surface area contributed by atoms with E-state index in [1.807, 2.05) is 0 Å². The molecule has 0 unspecified atom stereocenters. The second-order valence-electron chi connectivity index (χ2n) is 2.35. The van der Waals surface area contributed by atoms with Crippen LogP contribution in [-0.4, -0.2) is 0 Å². The van der Waals surface area contributed by atoms with E-state index < -0.39 is 23.2 Å². The fourth-order valence-corrected chi connectivity index (χ4v) is 0.814. The Labute approximate surface area is 75.6 Å². The molecule has 1 aromatic rings. The summed E-state index contributed by atoms with van der Waals surface area (Å²) in [6.07, 6.45) is -4.58. The zero-order valence-electron chi connectivity index (χ0n) is 6.59. The Bertz CT molecular complexity index is 392. The van der Waals surface area contributed by atoms with Crippen LogP contribution in [-0.2, 0) is 6.18 Å². The fraction of sp³-hybridized carbons (Fsp3) is 0.143. The van der Waals surface area contributed by atoms with Crippen molar-refractivity contribution in [2.75, 3.05) is 0 Å². The first-order valence-corrected chi connectivity index (χ1v) is 3.37. The maximum absolute atomic E-state index is 12.7. The van der Waals surface area contributed by atoms with Crippen molar-refractivity contribution in [3.63, 3.8) is 0 Å². The summed E-state index contributed by atoms with van der Waals surface area (Å²) in [4.78, 5) is 2.21. The van der Waals surface area contributed by atoms with Crippen molar-refractivity contribution in [2.24, 2.45) is 5.11 Å². The minimum absolute atomic E-state index is 0.453. The summed E-state index contributed by atoms with van der Waals surface area (Å²) in [6.45, 7) is 0. The summed E-state index contributed by atoms with van der Waals surface area (Å²) < 4.78 is 49.0. The van der Waals surface area contributed by atoms with E-state index >= 15 is 0 Å². The predicted molar refractivity (Wildman–Crippen MR) is 40.2 cm³/mol. The third-order valence-corrected chi connectivity index (χ3v) is 1.43. The molecular weight excluding hydrogens is 202 g/mol. The van der Waals surface area contributed by atoms with Gasteiger partial charge < -0.3 is 0 Å². The van der Waals surface area contributed by atoms with Crippen molar-refractivity contribution in [3.05, 3.63) is 40.0 Å². The number of hydrogen-bond acceptors (Lipinski definition) is 1. The topological polar surface area (TPSA) is 48.8 Å². The van der Waals surface area contributed by atoms with E-state index in [9.17, 15) is 17.6 Å². The molecule has 0 radical (unpaired) electrons. The molecule has 0 bridgehead atoms. The van der Waals surface area contributed by atoms with Crippen molar-refractivity contribution in [2.45, 2.75) is 6.18 Å². The second-order valence-corrected chi connectivity index (χ2v) is 2.35. The van der Waals surface area contributed by atoms with Crippen LogP contribution in [0.4, 0.5) is 23.2 Å². The fourth-order valence-electron chi connectivity index (χ4n) is 0.814. The Morgan fingerprint density at radius 3 is 2.43 bits per heavy atom. The summed E-state index contributed by atoms with van der Waals surface area (Å²) >= 11 is 0. The van der Waals surface area contributed by atoms with Crippen LogP contribution >= 0.6 is 0 Å². The Morgan fingerprint density at radius 1 is 1.29 bits per heavy atom. The largest absolute Gasteiger partial charge is 0.416 e. The number of alkyl halides is 3. The molecular formula is C7H3F4N3. The van der Waals surface area contributed by atoms with Gasteiger partial charge in [0.25, 0.3) is 0 Å². The van der Waals surface area contributed by atoms with E-state index in [0.717, 1.165) is 0 Å². The van der Waals surface area contributed by atoms with E-state index in [-0.39, 0.29) is 0 Å². The third-order valence-electron chi connectivity index (χ3n) is 1.43. The average Bonchev–Trinajstić information content (AvgIpc) is 2.07. The zero-order chi connectivity index (χ0) is 10.8. The number of halogens is 4. The second kappa shape index (κ2) is 3.55. The zero-order valence-corrected chi connectivity index (χ0v) is 6.59. The average molecular weight is 205 g/mol. The molecule has 7 heteroatoms. The van der Waals surface area contributed by atoms with Crippen molar-refractivity contribution < 1.29 is 17.6 Å². The van der Waals surface area contributed by atoms with Crippen molar-refractivity contribution in [1.29, 1.82) is 0 Å². The monoisotopic (exact) mass is 205 g/mol. The van der Waals surface area contributed by atoms with Gasteiger partial charge in [0.1, 0.15) is 5.82 Å². The van der Waals surface area contributed by atoms with Gasteiger partial charge >= 0.3 is 6.18 Å². The Morgan fingerprint density at radius 2 is 1.93 bits per heavy atom. The number of rotatable bonds is 1. The molecule has 0 saturated carbocycles. The summed E-state index contributed by atoms with van der Waals surface area (Å²) in [5, 5.41) is 2.79. The Balaban J connectivity index is 3.26. The predicted octanol–water partition coefficient (Wildman–Crippen LogP) is 3.79. The minimum atomic E-state index is -4.58. The van der Waals surface area contributed by atoms with Crippen LogP contribution in [0.5, 0.6) is 0 Å². The number of benzene rings is 1. The highest BCUT2D eigenvalue weighted by Gasteiger charge is 2.30. The van der Waals surface area contributed by atoms with E-state index in [4.69, 9.17) is 5.53 Å². The molecule has 0 aromatic heterocycles. The molecule has 0 heterocycles. The first-order chi connectivity index (χ1) is 6.45. The lowest BCUT2D eigenvalue weighted by Gasteiger charge is -2.06. The summed E-state index contributed by atoms with van der Waals surface area (Å²) in [6, 6.07) is 1.63. The SMILES string of the molecule is [N-]=[N+]=Nc1cc(C(F)(F)F)ccc1F. The lowest BCUT2D eigenvalue weighted by Crippen LogP contribution is -2.04. The van der Waals surface area contributed by atoms with Crippen LogP contribution in [0.2, 0.25) is 0 Å². The third kappa shape index (κ3) is 2.14. The normalized spacial score (nSPS) is 10.9. The van der Waals surface area contributed by atoms with Gasteiger partial charge in [-0.3, -0.25) is 0 Å².